The maximum Gasteiger partial charge on any atom is 0.363 e. The van der Waals surface area contributed by atoms with Crippen LogP contribution < -0.4 is 16.8 Å². The first-order chi connectivity index (χ1) is 14.7. The molecule has 3 unspecified atom stereocenters. The van der Waals surface area contributed by atoms with E-state index in [0.29, 0.717) is 23.7 Å². The number of amides is 3. The van der Waals surface area contributed by atoms with E-state index in [-0.39, 0.29) is 15.9 Å². The van der Waals surface area contributed by atoms with E-state index in [9.17, 15) is 32.7 Å². The fraction of sp³-hybridized carbons (Fsp3) is 0.429. The molecule has 0 saturated carbocycles. The number of oxime groups is 1. The molecule has 176 valence electrons. The van der Waals surface area contributed by atoms with Gasteiger partial charge in [-0.05, 0) is 6.92 Å². The molecule has 1 aliphatic rings. The molecular formula is C14H18N6O9S3. The Morgan fingerprint density at radius 1 is 1.50 bits per heavy atom. The van der Waals surface area contributed by atoms with Gasteiger partial charge in [-0.2, -0.15) is 12.7 Å². The van der Waals surface area contributed by atoms with E-state index in [1.54, 1.807) is 0 Å². The van der Waals surface area contributed by atoms with Crippen LogP contribution in [0, 0.1) is 0 Å². The first kappa shape index (κ1) is 25.3. The van der Waals surface area contributed by atoms with Gasteiger partial charge in [0.15, 0.2) is 5.13 Å². The van der Waals surface area contributed by atoms with E-state index in [1.807, 2.05) is 0 Å². The monoisotopic (exact) mass is 510 g/mol. The summed E-state index contributed by atoms with van der Waals surface area (Å²) in [6.07, 6.45) is 0.320. The SMILES string of the molecule is CC(Cc1csc(N)n1)(O/N=C/C(=O)NC1C(=O)N(S(=O)(=O)O)C1SCC(N)=O)C(=O)O. The standard InChI is InChI=1S/C14H18N6O9S3/c1-14(12(24)25,2-6-4-31-13(16)18-6)29-17-3-8(22)19-9-10(23)20(32(26,27)28)11(9)30-5-7(15)21/h3-4,9,11H,2,5H2,1H3,(H2,15,21)(H2,16,18)(H,19,22)(H,24,25)(H,26,27,28)/b17-3+. The molecule has 3 amide bonds. The molecule has 32 heavy (non-hydrogen) atoms. The summed E-state index contributed by atoms with van der Waals surface area (Å²) in [6.45, 7) is 1.19. The minimum Gasteiger partial charge on any atom is -0.478 e. The van der Waals surface area contributed by atoms with Gasteiger partial charge < -0.3 is 26.7 Å². The zero-order valence-corrected chi connectivity index (χ0v) is 18.6. The van der Waals surface area contributed by atoms with Crippen molar-refractivity contribution in [2.75, 3.05) is 11.5 Å². The molecule has 0 radical (unpaired) electrons. The molecule has 1 aromatic rings. The van der Waals surface area contributed by atoms with Crippen LogP contribution in [-0.2, 0) is 40.7 Å². The van der Waals surface area contributed by atoms with Crippen molar-refractivity contribution in [3.05, 3.63) is 11.1 Å². The van der Waals surface area contributed by atoms with Gasteiger partial charge in [0.25, 0.3) is 11.8 Å². The quantitative estimate of drug-likeness (QED) is 0.0920. The number of rotatable bonds is 11. The van der Waals surface area contributed by atoms with Gasteiger partial charge in [0, 0.05) is 11.8 Å². The lowest BCUT2D eigenvalue weighted by atomic mass is 10.0. The van der Waals surface area contributed by atoms with Gasteiger partial charge in [-0.1, -0.05) is 5.16 Å². The number of primary amides is 1. The van der Waals surface area contributed by atoms with Crippen LogP contribution in [-0.4, -0.2) is 80.0 Å². The average Bonchev–Trinajstić information content (AvgIpc) is 3.05. The third-order valence-electron chi connectivity index (χ3n) is 3.91. The number of aromatic nitrogens is 1. The van der Waals surface area contributed by atoms with Gasteiger partial charge in [0.1, 0.15) is 17.6 Å². The van der Waals surface area contributed by atoms with Gasteiger partial charge in [-0.25, -0.2) is 9.78 Å². The van der Waals surface area contributed by atoms with Crippen LogP contribution in [0.15, 0.2) is 10.5 Å². The fourth-order valence-electron chi connectivity index (χ4n) is 2.42. The van der Waals surface area contributed by atoms with Crippen LogP contribution in [0.3, 0.4) is 0 Å². The van der Waals surface area contributed by atoms with Crippen molar-refractivity contribution < 1.29 is 42.1 Å². The van der Waals surface area contributed by atoms with E-state index in [2.05, 4.69) is 15.5 Å². The molecule has 2 heterocycles. The molecule has 0 spiro atoms. The van der Waals surface area contributed by atoms with Crippen LogP contribution in [0.5, 0.6) is 0 Å². The Morgan fingerprint density at radius 2 is 2.16 bits per heavy atom. The highest BCUT2D eigenvalue weighted by molar-refractivity contribution is 8.01. The summed E-state index contributed by atoms with van der Waals surface area (Å²) in [4.78, 5) is 55.4. The Labute approximate surface area is 189 Å². The predicted octanol–water partition coefficient (Wildman–Crippen LogP) is -2.21. The Hall–Kier alpha value is -2.96. The van der Waals surface area contributed by atoms with Gasteiger partial charge in [-0.3, -0.25) is 18.9 Å². The molecule has 0 aromatic carbocycles. The lowest BCUT2D eigenvalue weighted by Crippen LogP contribution is -2.70. The average molecular weight is 511 g/mol. The van der Waals surface area contributed by atoms with Crippen molar-refractivity contribution in [2.45, 2.75) is 30.4 Å². The minimum absolute atomic E-state index is 0.0836. The zero-order chi connectivity index (χ0) is 24.3. The highest BCUT2D eigenvalue weighted by atomic mass is 32.2. The van der Waals surface area contributed by atoms with Crippen molar-refractivity contribution in [3.8, 4) is 0 Å². The van der Waals surface area contributed by atoms with E-state index in [1.165, 1.54) is 12.3 Å². The van der Waals surface area contributed by atoms with E-state index >= 15 is 0 Å². The lowest BCUT2D eigenvalue weighted by Gasteiger charge is -2.43. The van der Waals surface area contributed by atoms with Gasteiger partial charge in [0.2, 0.25) is 11.5 Å². The molecule has 15 nitrogen and oxygen atoms in total. The number of carbonyl (C=O) groups excluding carboxylic acids is 3. The molecule has 7 N–H and O–H groups in total. The number of hydrogen-bond acceptors (Lipinski definition) is 12. The Balaban J connectivity index is 2.03. The first-order valence-corrected chi connectivity index (χ1v) is 11.7. The summed E-state index contributed by atoms with van der Waals surface area (Å²) in [5, 5.41) is 15.3. The van der Waals surface area contributed by atoms with Crippen molar-refractivity contribution in [3.63, 3.8) is 0 Å². The molecule has 2 rings (SSSR count). The van der Waals surface area contributed by atoms with Gasteiger partial charge in [0.05, 0.1) is 11.4 Å². The smallest absolute Gasteiger partial charge is 0.363 e. The third kappa shape index (κ3) is 6.05. The van der Waals surface area contributed by atoms with Crippen molar-refractivity contribution in [1.29, 1.82) is 0 Å². The summed E-state index contributed by atoms with van der Waals surface area (Å²) in [5.41, 5.74) is 8.92. The number of thioether (sulfide) groups is 1. The number of nitrogens with one attached hydrogen (secondary N) is 1. The largest absolute Gasteiger partial charge is 0.478 e. The number of carboxylic acids is 1. The number of nitrogens with zero attached hydrogens (tertiary/aromatic N) is 3. The number of aliphatic carboxylic acids is 1. The summed E-state index contributed by atoms with van der Waals surface area (Å²) >= 11 is 1.70. The van der Waals surface area contributed by atoms with Gasteiger partial charge >= 0.3 is 16.3 Å². The van der Waals surface area contributed by atoms with E-state index in [0.717, 1.165) is 11.3 Å². The highest BCUT2D eigenvalue weighted by Crippen LogP contribution is 2.32. The molecule has 3 atom stereocenters. The second-order valence-corrected chi connectivity index (χ2v) is 9.77. The maximum atomic E-state index is 12.1. The molecular weight excluding hydrogens is 492 g/mol. The second kappa shape index (κ2) is 9.67. The number of anilines is 1. The number of β-lactam (4-membered cyclic amide) rings is 1. The number of nitrogens with two attached hydrogens (primary N) is 2. The second-order valence-electron chi connectivity index (χ2n) is 6.48. The summed E-state index contributed by atoms with van der Waals surface area (Å²) in [7, 11) is -4.93. The number of carboxylic acid groups (broad SMARTS) is 1. The number of carbonyl (C=O) groups is 4. The number of hydrogen-bond donors (Lipinski definition) is 5. The Morgan fingerprint density at radius 3 is 2.66 bits per heavy atom. The summed E-state index contributed by atoms with van der Waals surface area (Å²) in [5.74, 6) is -4.81. The number of nitrogen functional groups attached to an aromatic ring is 1. The normalized spacial score (nSPS) is 20.4. The number of thiazole rings is 1. The first-order valence-electron chi connectivity index (χ1n) is 8.40. The zero-order valence-electron chi connectivity index (χ0n) is 16.2. The van der Waals surface area contributed by atoms with Crippen LogP contribution in [0.25, 0.3) is 0 Å². The lowest BCUT2D eigenvalue weighted by molar-refractivity contribution is -0.163. The molecule has 0 aliphatic carbocycles. The van der Waals surface area contributed by atoms with Crippen LogP contribution >= 0.6 is 23.1 Å². The topological polar surface area (TPSA) is 245 Å². The molecule has 18 heteroatoms. The Bertz CT molecular complexity index is 1060. The fourth-order valence-corrected chi connectivity index (χ4v) is 5.17. The third-order valence-corrected chi connectivity index (χ3v) is 6.94. The highest BCUT2D eigenvalue weighted by Gasteiger charge is 2.54. The molecule has 1 aromatic heterocycles. The van der Waals surface area contributed by atoms with Crippen LogP contribution in [0.4, 0.5) is 5.13 Å². The molecule has 0 bridgehead atoms. The summed E-state index contributed by atoms with van der Waals surface area (Å²) < 4.78 is 31.8. The maximum absolute atomic E-state index is 12.1. The predicted molar refractivity (Wildman–Crippen MR) is 112 cm³/mol. The molecule has 1 aliphatic heterocycles. The Kier molecular flexibility index (Phi) is 7.65. The minimum atomic E-state index is -4.93. The van der Waals surface area contributed by atoms with Crippen molar-refractivity contribution >= 4 is 68.4 Å². The van der Waals surface area contributed by atoms with Gasteiger partial charge in [-0.15, -0.1) is 23.1 Å². The van der Waals surface area contributed by atoms with Crippen LogP contribution in [0.2, 0.25) is 0 Å². The summed E-state index contributed by atoms with van der Waals surface area (Å²) in [6, 6.07) is -1.43. The van der Waals surface area contributed by atoms with E-state index in [4.69, 9.17) is 20.9 Å². The van der Waals surface area contributed by atoms with Crippen molar-refractivity contribution in [1.82, 2.24) is 14.6 Å². The van der Waals surface area contributed by atoms with Crippen molar-refractivity contribution in [2.24, 2.45) is 10.9 Å². The van der Waals surface area contributed by atoms with E-state index < -0.39 is 56.8 Å². The molecule has 1 saturated heterocycles. The van der Waals surface area contributed by atoms with Crippen LogP contribution in [0.1, 0.15) is 12.6 Å². The molecule has 1 fully saturated rings.